The number of nitrogens with zero attached hydrogens (tertiary/aromatic N) is 1. The minimum atomic E-state index is -1.21. The Morgan fingerprint density at radius 3 is 2.26 bits per heavy atom. The van der Waals surface area contributed by atoms with Crippen LogP contribution in [0.5, 0.6) is 0 Å². The van der Waals surface area contributed by atoms with Gasteiger partial charge in [-0.2, -0.15) is 0 Å². The van der Waals surface area contributed by atoms with Gasteiger partial charge in [0.1, 0.15) is 5.41 Å². The second-order valence-electron chi connectivity index (χ2n) is 6.27. The second kappa shape index (κ2) is 6.02. The zero-order valence-electron chi connectivity index (χ0n) is 12.9. The minimum Gasteiger partial charge on any atom is -0.480 e. The molecule has 6 nitrogen and oxygen atoms in total. The summed E-state index contributed by atoms with van der Waals surface area (Å²) in [6, 6.07) is 8.00. The number of carboxylic acid groups (broad SMARTS) is 1. The van der Waals surface area contributed by atoms with E-state index in [1.165, 1.54) is 11.1 Å². The summed E-state index contributed by atoms with van der Waals surface area (Å²) in [7, 11) is 0. The van der Waals surface area contributed by atoms with Crippen molar-refractivity contribution in [3.8, 4) is 0 Å². The lowest BCUT2D eigenvalue weighted by molar-refractivity contribution is -0.149. The summed E-state index contributed by atoms with van der Waals surface area (Å²) in [4.78, 5) is 36.9. The molecule has 0 aromatic heterocycles. The highest BCUT2D eigenvalue weighted by Gasteiger charge is 2.56. The third-order valence-corrected chi connectivity index (χ3v) is 4.64. The first-order valence-corrected chi connectivity index (χ1v) is 7.89. The summed E-state index contributed by atoms with van der Waals surface area (Å²) in [5.74, 6) is -1.42. The van der Waals surface area contributed by atoms with Crippen molar-refractivity contribution in [3.63, 3.8) is 0 Å². The van der Waals surface area contributed by atoms with Crippen LogP contribution in [-0.4, -0.2) is 34.3 Å². The Balaban J connectivity index is 1.39. The van der Waals surface area contributed by atoms with E-state index in [-0.39, 0.29) is 5.91 Å². The molecule has 1 fully saturated rings. The first-order chi connectivity index (χ1) is 11.0. The molecule has 0 bridgehead atoms. The van der Waals surface area contributed by atoms with Gasteiger partial charge in [0, 0.05) is 26.1 Å². The van der Waals surface area contributed by atoms with Gasteiger partial charge < -0.3 is 15.3 Å². The van der Waals surface area contributed by atoms with Gasteiger partial charge in [0.05, 0.1) is 0 Å². The van der Waals surface area contributed by atoms with E-state index in [1.54, 1.807) is 0 Å². The first-order valence-electron chi connectivity index (χ1n) is 7.89. The number of hydrogen-bond acceptors (Lipinski definition) is 3. The lowest BCUT2D eigenvalue weighted by Gasteiger charge is -2.16. The Morgan fingerprint density at radius 2 is 1.74 bits per heavy atom. The Morgan fingerprint density at radius 1 is 1.13 bits per heavy atom. The molecule has 122 valence electrons. The summed E-state index contributed by atoms with van der Waals surface area (Å²) < 4.78 is 0. The average Bonchev–Trinajstić information content (AvgIpc) is 3.24. The standard InChI is InChI=1S/C17H20N2O4/c20-14(19-10-12-4-1-2-5-13(12)11-19)6-3-9-18-15(21)17(7-8-17)16(22)23/h1-2,4-5H,3,6-11H2,(H,18,21)(H,22,23). The van der Waals surface area contributed by atoms with Crippen molar-refractivity contribution < 1.29 is 19.5 Å². The molecule has 23 heavy (non-hydrogen) atoms. The molecule has 1 heterocycles. The van der Waals surface area contributed by atoms with Crippen molar-refractivity contribution in [3.05, 3.63) is 35.4 Å². The van der Waals surface area contributed by atoms with Gasteiger partial charge in [0.2, 0.25) is 11.8 Å². The molecule has 0 radical (unpaired) electrons. The number of carbonyl (C=O) groups excluding carboxylic acids is 2. The van der Waals surface area contributed by atoms with Gasteiger partial charge in [-0.3, -0.25) is 14.4 Å². The highest BCUT2D eigenvalue weighted by atomic mass is 16.4. The van der Waals surface area contributed by atoms with Gasteiger partial charge in [-0.1, -0.05) is 24.3 Å². The van der Waals surface area contributed by atoms with Gasteiger partial charge in [-0.25, -0.2) is 0 Å². The average molecular weight is 316 g/mol. The molecule has 1 aliphatic heterocycles. The van der Waals surface area contributed by atoms with Gasteiger partial charge >= 0.3 is 5.97 Å². The number of amides is 2. The largest absolute Gasteiger partial charge is 0.480 e. The Hall–Kier alpha value is -2.37. The normalized spacial score (nSPS) is 17.5. The van der Waals surface area contributed by atoms with Crippen LogP contribution in [0.2, 0.25) is 0 Å². The quantitative estimate of drug-likeness (QED) is 0.611. The summed E-state index contributed by atoms with van der Waals surface area (Å²) >= 11 is 0. The van der Waals surface area contributed by atoms with Crippen molar-refractivity contribution in [1.82, 2.24) is 10.2 Å². The number of hydrogen-bond donors (Lipinski definition) is 2. The SMILES string of the molecule is O=C(CCCNC(=O)C1(C(=O)O)CC1)N1Cc2ccccc2C1. The van der Waals surface area contributed by atoms with Crippen LogP contribution in [0, 0.1) is 5.41 Å². The summed E-state index contributed by atoms with van der Waals surface area (Å²) in [5.41, 5.74) is 1.17. The van der Waals surface area contributed by atoms with E-state index in [2.05, 4.69) is 5.32 Å². The zero-order chi connectivity index (χ0) is 16.4. The Labute approximate surface area is 134 Å². The second-order valence-corrected chi connectivity index (χ2v) is 6.27. The Kier molecular flexibility index (Phi) is 4.07. The Bertz CT molecular complexity index is 627. The topological polar surface area (TPSA) is 86.7 Å². The molecular weight excluding hydrogens is 296 g/mol. The van der Waals surface area contributed by atoms with Crippen LogP contribution in [0.25, 0.3) is 0 Å². The van der Waals surface area contributed by atoms with Gasteiger partial charge in [0.25, 0.3) is 0 Å². The molecule has 0 saturated heterocycles. The molecule has 1 aromatic rings. The maximum Gasteiger partial charge on any atom is 0.319 e. The number of rotatable bonds is 6. The minimum absolute atomic E-state index is 0.0646. The summed E-state index contributed by atoms with van der Waals surface area (Å²) in [6.07, 6.45) is 1.68. The summed E-state index contributed by atoms with van der Waals surface area (Å²) in [6.45, 7) is 1.62. The molecular formula is C17H20N2O4. The number of aliphatic carboxylic acids is 1. The molecule has 1 aromatic carbocycles. The lowest BCUT2D eigenvalue weighted by Crippen LogP contribution is -2.37. The van der Waals surface area contributed by atoms with Crippen LogP contribution in [0.3, 0.4) is 0 Å². The fourth-order valence-corrected chi connectivity index (χ4v) is 2.94. The van der Waals surface area contributed by atoms with Crippen molar-refractivity contribution in [2.75, 3.05) is 6.54 Å². The van der Waals surface area contributed by atoms with E-state index in [4.69, 9.17) is 5.11 Å². The molecule has 2 aliphatic rings. The molecule has 0 spiro atoms. The highest BCUT2D eigenvalue weighted by Crippen LogP contribution is 2.46. The van der Waals surface area contributed by atoms with E-state index >= 15 is 0 Å². The monoisotopic (exact) mass is 316 g/mol. The molecule has 2 amide bonds. The van der Waals surface area contributed by atoms with Gasteiger partial charge in [0.15, 0.2) is 0 Å². The third kappa shape index (κ3) is 3.06. The van der Waals surface area contributed by atoms with Gasteiger partial charge in [-0.05, 0) is 30.4 Å². The maximum atomic E-state index is 12.2. The smallest absolute Gasteiger partial charge is 0.319 e. The van der Waals surface area contributed by atoms with Gasteiger partial charge in [-0.15, -0.1) is 0 Å². The maximum absolute atomic E-state index is 12.2. The highest BCUT2D eigenvalue weighted by molar-refractivity contribution is 6.04. The third-order valence-electron chi connectivity index (χ3n) is 4.64. The molecule has 0 unspecified atom stereocenters. The number of benzene rings is 1. The lowest BCUT2D eigenvalue weighted by atomic mass is 10.1. The zero-order valence-corrected chi connectivity index (χ0v) is 12.9. The van der Waals surface area contributed by atoms with E-state index < -0.39 is 17.3 Å². The van der Waals surface area contributed by atoms with Crippen molar-refractivity contribution in [2.45, 2.75) is 38.8 Å². The van der Waals surface area contributed by atoms with Crippen LogP contribution in [-0.2, 0) is 27.5 Å². The number of carbonyl (C=O) groups is 3. The van der Waals surface area contributed by atoms with Crippen LogP contribution in [0.15, 0.2) is 24.3 Å². The van der Waals surface area contributed by atoms with Crippen molar-refractivity contribution >= 4 is 17.8 Å². The van der Waals surface area contributed by atoms with Crippen LogP contribution < -0.4 is 5.32 Å². The molecule has 3 rings (SSSR count). The van der Waals surface area contributed by atoms with Crippen LogP contribution >= 0.6 is 0 Å². The van der Waals surface area contributed by atoms with E-state index in [0.717, 1.165) is 0 Å². The predicted octanol–water partition coefficient (Wildman–Crippen LogP) is 1.29. The number of fused-ring (bicyclic) bond motifs is 1. The molecule has 0 atom stereocenters. The summed E-state index contributed by atoms with van der Waals surface area (Å²) in [5, 5.41) is 11.7. The first kappa shape index (κ1) is 15.5. The van der Waals surface area contributed by atoms with Crippen LogP contribution in [0.4, 0.5) is 0 Å². The van der Waals surface area contributed by atoms with E-state index in [9.17, 15) is 14.4 Å². The van der Waals surface area contributed by atoms with Crippen LogP contribution in [0.1, 0.15) is 36.8 Å². The molecule has 2 N–H and O–H groups in total. The number of nitrogens with one attached hydrogen (secondary N) is 1. The predicted molar refractivity (Wildman–Crippen MR) is 82.2 cm³/mol. The fourth-order valence-electron chi connectivity index (χ4n) is 2.94. The van der Waals surface area contributed by atoms with Crippen molar-refractivity contribution in [1.29, 1.82) is 0 Å². The molecule has 1 aliphatic carbocycles. The fraction of sp³-hybridized carbons (Fsp3) is 0.471. The number of carboxylic acids is 1. The van der Waals surface area contributed by atoms with E-state index in [0.29, 0.717) is 45.3 Å². The molecule has 1 saturated carbocycles. The van der Waals surface area contributed by atoms with Crippen molar-refractivity contribution in [2.24, 2.45) is 5.41 Å². The van der Waals surface area contributed by atoms with E-state index in [1.807, 2.05) is 29.2 Å². The molecule has 6 heteroatoms.